The first kappa shape index (κ1) is 14.0. The number of carbonyl (C=O) groups excluding carboxylic acids is 1. The lowest BCUT2D eigenvalue weighted by Gasteiger charge is -2.31. The van der Waals surface area contributed by atoms with Crippen molar-refractivity contribution < 1.29 is 19.1 Å². The van der Waals surface area contributed by atoms with Crippen molar-refractivity contribution >= 4 is 11.6 Å². The molecule has 0 spiro atoms. The first-order valence-electron chi connectivity index (χ1n) is 6.11. The number of ether oxygens (including phenoxy) is 2. The van der Waals surface area contributed by atoms with E-state index in [9.17, 15) is 4.79 Å². The van der Waals surface area contributed by atoms with Crippen molar-refractivity contribution in [1.82, 2.24) is 0 Å². The Morgan fingerprint density at radius 2 is 2.16 bits per heavy atom. The van der Waals surface area contributed by atoms with Crippen LogP contribution in [0, 0.1) is 0 Å². The highest BCUT2D eigenvalue weighted by molar-refractivity contribution is 5.98. The minimum atomic E-state index is -0.560. The first-order chi connectivity index (χ1) is 9.24. The highest BCUT2D eigenvalue weighted by Gasteiger charge is 2.31. The van der Waals surface area contributed by atoms with Crippen molar-refractivity contribution in [3.63, 3.8) is 0 Å². The van der Waals surface area contributed by atoms with Crippen LogP contribution in [0.2, 0.25) is 0 Å². The van der Waals surface area contributed by atoms with E-state index < -0.39 is 6.04 Å². The van der Waals surface area contributed by atoms with E-state index in [1.165, 1.54) is 5.06 Å². The highest BCUT2D eigenvalue weighted by atomic mass is 16.7. The lowest BCUT2D eigenvalue weighted by atomic mass is 9.99. The van der Waals surface area contributed by atoms with Gasteiger partial charge in [-0.25, -0.2) is 0 Å². The molecule has 6 heteroatoms. The predicted molar refractivity (Wildman–Crippen MR) is 69.4 cm³/mol. The number of benzene rings is 1. The molecule has 1 atom stereocenters. The molecule has 0 radical (unpaired) electrons. The second-order valence-corrected chi connectivity index (χ2v) is 4.22. The van der Waals surface area contributed by atoms with Crippen LogP contribution in [0.15, 0.2) is 24.3 Å². The number of rotatable bonds is 6. The van der Waals surface area contributed by atoms with E-state index in [0.717, 1.165) is 11.3 Å². The standard InChI is InChI=1S/C13H18N2O4/c1-17-9-18-6-7-19-15-12-5-3-2-4-10(12)8-11(14)13(15)16/h2-5,11H,6-9,14H2,1H3/t11-/m0/s1. The number of anilines is 1. The normalized spacial score (nSPS) is 18.5. The summed E-state index contributed by atoms with van der Waals surface area (Å²) in [7, 11) is 1.55. The van der Waals surface area contributed by atoms with E-state index >= 15 is 0 Å². The Labute approximate surface area is 112 Å². The van der Waals surface area contributed by atoms with Crippen LogP contribution in [-0.2, 0) is 25.5 Å². The maximum absolute atomic E-state index is 12.0. The minimum absolute atomic E-state index is 0.202. The average molecular weight is 266 g/mol. The van der Waals surface area contributed by atoms with Gasteiger partial charge in [-0.2, -0.15) is 5.06 Å². The van der Waals surface area contributed by atoms with E-state index in [2.05, 4.69) is 0 Å². The van der Waals surface area contributed by atoms with Crippen LogP contribution in [0.3, 0.4) is 0 Å². The smallest absolute Gasteiger partial charge is 0.268 e. The Morgan fingerprint density at radius 1 is 1.37 bits per heavy atom. The number of para-hydroxylation sites is 1. The molecule has 1 aliphatic heterocycles. The van der Waals surface area contributed by atoms with Crippen molar-refractivity contribution in [3.8, 4) is 0 Å². The second kappa shape index (κ2) is 6.63. The molecular weight excluding hydrogens is 248 g/mol. The lowest BCUT2D eigenvalue weighted by Crippen LogP contribution is -2.49. The summed E-state index contributed by atoms with van der Waals surface area (Å²) < 4.78 is 9.86. The third-order valence-electron chi connectivity index (χ3n) is 2.82. The molecule has 1 heterocycles. The molecule has 0 aromatic heterocycles. The van der Waals surface area contributed by atoms with Gasteiger partial charge in [0, 0.05) is 7.11 Å². The Bertz CT molecular complexity index is 438. The van der Waals surface area contributed by atoms with Crippen molar-refractivity contribution in [2.75, 3.05) is 32.2 Å². The van der Waals surface area contributed by atoms with Gasteiger partial charge in [-0.15, -0.1) is 0 Å². The molecule has 1 amide bonds. The van der Waals surface area contributed by atoms with Crippen molar-refractivity contribution in [3.05, 3.63) is 29.8 Å². The largest absolute Gasteiger partial charge is 0.359 e. The number of nitrogens with two attached hydrogens (primary N) is 1. The Kier molecular flexibility index (Phi) is 4.86. The first-order valence-corrected chi connectivity index (χ1v) is 6.11. The number of methoxy groups -OCH3 is 1. The van der Waals surface area contributed by atoms with Gasteiger partial charge in [-0.05, 0) is 18.1 Å². The van der Waals surface area contributed by atoms with E-state index in [1.807, 2.05) is 24.3 Å². The summed E-state index contributed by atoms with van der Waals surface area (Å²) in [6.07, 6.45) is 0.537. The number of hydroxylamine groups is 1. The van der Waals surface area contributed by atoms with Gasteiger partial charge in [0.05, 0.1) is 24.9 Å². The van der Waals surface area contributed by atoms with E-state index in [0.29, 0.717) is 13.0 Å². The maximum Gasteiger partial charge on any atom is 0.268 e. The number of nitrogens with zero attached hydrogens (tertiary/aromatic N) is 1. The summed E-state index contributed by atoms with van der Waals surface area (Å²) in [5.74, 6) is -0.231. The number of fused-ring (bicyclic) bond motifs is 1. The zero-order valence-corrected chi connectivity index (χ0v) is 10.9. The van der Waals surface area contributed by atoms with Gasteiger partial charge in [0.25, 0.3) is 5.91 Å². The monoisotopic (exact) mass is 266 g/mol. The molecule has 1 aromatic carbocycles. The van der Waals surface area contributed by atoms with Crippen molar-refractivity contribution in [1.29, 1.82) is 0 Å². The number of hydrogen-bond donors (Lipinski definition) is 1. The van der Waals surface area contributed by atoms with Gasteiger partial charge in [0.2, 0.25) is 0 Å². The molecule has 19 heavy (non-hydrogen) atoms. The SMILES string of the molecule is COCOCCON1C(=O)[C@@H](N)Cc2ccccc21. The van der Waals surface area contributed by atoms with Crippen LogP contribution in [0.25, 0.3) is 0 Å². The number of hydrogen-bond acceptors (Lipinski definition) is 5. The average Bonchev–Trinajstić information content (AvgIpc) is 2.42. The van der Waals surface area contributed by atoms with E-state index in [1.54, 1.807) is 7.11 Å². The number of amides is 1. The molecule has 0 saturated carbocycles. The summed E-state index contributed by atoms with van der Waals surface area (Å²) in [5.41, 5.74) is 7.57. The predicted octanol–water partition coefficient (Wildman–Crippen LogP) is 0.455. The van der Waals surface area contributed by atoms with Crippen molar-refractivity contribution in [2.45, 2.75) is 12.5 Å². The highest BCUT2D eigenvalue weighted by Crippen LogP contribution is 2.27. The van der Waals surface area contributed by atoms with E-state index in [4.69, 9.17) is 20.0 Å². The Morgan fingerprint density at radius 3 is 2.95 bits per heavy atom. The molecule has 0 unspecified atom stereocenters. The summed E-state index contributed by atoms with van der Waals surface area (Å²) >= 11 is 0. The van der Waals surface area contributed by atoms with Crippen LogP contribution in [0.1, 0.15) is 5.56 Å². The summed E-state index contributed by atoms with van der Waals surface area (Å²) in [4.78, 5) is 17.5. The van der Waals surface area contributed by atoms with Gasteiger partial charge < -0.3 is 15.2 Å². The molecule has 1 aromatic rings. The lowest BCUT2D eigenvalue weighted by molar-refractivity contribution is -0.129. The zero-order chi connectivity index (χ0) is 13.7. The molecule has 2 N–H and O–H groups in total. The summed E-state index contributed by atoms with van der Waals surface area (Å²) in [5, 5.41) is 1.26. The molecule has 2 rings (SSSR count). The number of carbonyl (C=O) groups is 1. The third kappa shape index (κ3) is 3.30. The van der Waals surface area contributed by atoms with Gasteiger partial charge >= 0.3 is 0 Å². The van der Waals surface area contributed by atoms with Crippen molar-refractivity contribution in [2.24, 2.45) is 5.73 Å². The Balaban J connectivity index is 2.00. The van der Waals surface area contributed by atoms with Crippen LogP contribution in [0.5, 0.6) is 0 Å². The summed E-state index contributed by atoms with van der Waals surface area (Å²) in [6.45, 7) is 0.804. The van der Waals surface area contributed by atoms with Crippen LogP contribution in [0.4, 0.5) is 5.69 Å². The summed E-state index contributed by atoms with van der Waals surface area (Å²) in [6, 6.07) is 7.01. The molecule has 104 valence electrons. The van der Waals surface area contributed by atoms with Crippen LogP contribution >= 0.6 is 0 Å². The topological polar surface area (TPSA) is 74.0 Å². The molecule has 6 nitrogen and oxygen atoms in total. The molecule has 0 fully saturated rings. The van der Waals surface area contributed by atoms with Gasteiger partial charge in [0.1, 0.15) is 6.79 Å². The van der Waals surface area contributed by atoms with Crippen LogP contribution in [-0.4, -0.2) is 39.1 Å². The van der Waals surface area contributed by atoms with Crippen LogP contribution < -0.4 is 10.8 Å². The molecule has 1 aliphatic rings. The molecule has 0 aliphatic carbocycles. The van der Waals surface area contributed by atoms with Gasteiger partial charge in [0.15, 0.2) is 0 Å². The molecule has 0 bridgehead atoms. The molecular formula is C13H18N2O4. The van der Waals surface area contributed by atoms with Gasteiger partial charge in [-0.3, -0.25) is 9.63 Å². The van der Waals surface area contributed by atoms with E-state index in [-0.39, 0.29) is 19.3 Å². The minimum Gasteiger partial charge on any atom is -0.359 e. The second-order valence-electron chi connectivity index (χ2n) is 4.22. The maximum atomic E-state index is 12.0. The fourth-order valence-electron chi connectivity index (χ4n) is 1.94. The zero-order valence-electron chi connectivity index (χ0n) is 10.9. The molecule has 0 saturated heterocycles. The van der Waals surface area contributed by atoms with Gasteiger partial charge in [-0.1, -0.05) is 18.2 Å². The fraction of sp³-hybridized carbons (Fsp3) is 0.462. The quantitative estimate of drug-likeness (QED) is 0.598. The third-order valence-corrected chi connectivity index (χ3v) is 2.82. The Hall–Kier alpha value is -1.47. The fourth-order valence-corrected chi connectivity index (χ4v) is 1.94.